The van der Waals surface area contributed by atoms with Crippen LogP contribution < -0.4 is 5.14 Å². The molecule has 6 nitrogen and oxygen atoms in total. The van der Waals surface area contributed by atoms with Crippen LogP contribution in [0.1, 0.15) is 10.4 Å². The molecule has 4 N–H and O–H groups in total. The van der Waals surface area contributed by atoms with Gasteiger partial charge in [-0.15, -0.1) is 0 Å². The fourth-order valence-electron chi connectivity index (χ4n) is 1.55. The highest BCUT2D eigenvalue weighted by Crippen LogP contribution is 2.22. The Labute approximate surface area is 103 Å². The third-order valence-electron chi connectivity index (χ3n) is 2.39. The van der Waals surface area contributed by atoms with Gasteiger partial charge in [0, 0.05) is 17.5 Å². The average Bonchev–Trinajstić information content (AvgIpc) is 2.80. The van der Waals surface area contributed by atoms with E-state index >= 15 is 0 Å². The fourth-order valence-corrected chi connectivity index (χ4v) is 2.13. The Morgan fingerprint density at radius 2 is 2.00 bits per heavy atom. The van der Waals surface area contributed by atoms with Crippen LogP contribution in [-0.4, -0.2) is 24.5 Å². The molecule has 0 saturated heterocycles. The van der Waals surface area contributed by atoms with Gasteiger partial charge in [0.2, 0.25) is 10.0 Å². The first-order valence-electron chi connectivity index (χ1n) is 4.93. The van der Waals surface area contributed by atoms with Crippen molar-refractivity contribution in [2.45, 2.75) is 4.90 Å². The molecular weight excluding hydrogens is 256 g/mol. The van der Waals surface area contributed by atoms with Crippen molar-refractivity contribution < 1.29 is 18.3 Å². The van der Waals surface area contributed by atoms with Crippen LogP contribution >= 0.6 is 0 Å². The lowest BCUT2D eigenvalue weighted by Crippen LogP contribution is -2.13. The highest BCUT2D eigenvalue weighted by atomic mass is 32.2. The molecule has 0 aliphatic heterocycles. The number of aromatic carboxylic acids is 1. The SMILES string of the molecule is NS(=O)(=O)c1cc(C(=O)O)cc(-c2ccc[nH]2)c1. The van der Waals surface area contributed by atoms with Gasteiger partial charge in [-0.05, 0) is 30.3 Å². The molecule has 1 aromatic carbocycles. The standard InChI is InChI=1S/C11H10N2O4S/c12-18(16,17)9-5-7(10-2-1-3-13-10)4-8(6-9)11(14)15/h1-6,13H,(H,14,15)(H2,12,16,17). The van der Waals surface area contributed by atoms with Crippen molar-refractivity contribution in [1.82, 2.24) is 4.98 Å². The minimum absolute atomic E-state index is 0.133. The third kappa shape index (κ3) is 2.41. The van der Waals surface area contributed by atoms with E-state index < -0.39 is 16.0 Å². The van der Waals surface area contributed by atoms with E-state index in [1.165, 1.54) is 12.1 Å². The molecule has 0 fully saturated rings. The van der Waals surface area contributed by atoms with Gasteiger partial charge < -0.3 is 10.1 Å². The molecule has 2 rings (SSSR count). The summed E-state index contributed by atoms with van der Waals surface area (Å²) in [7, 11) is -3.95. The molecule has 0 radical (unpaired) electrons. The normalized spacial score (nSPS) is 11.4. The van der Waals surface area contributed by atoms with Crippen LogP contribution in [0.4, 0.5) is 0 Å². The van der Waals surface area contributed by atoms with Gasteiger partial charge in [0.25, 0.3) is 0 Å². The molecule has 0 spiro atoms. The molecule has 0 aliphatic rings. The zero-order valence-corrected chi connectivity index (χ0v) is 9.94. The topological polar surface area (TPSA) is 113 Å². The molecule has 94 valence electrons. The minimum atomic E-state index is -3.95. The number of rotatable bonds is 3. The lowest BCUT2D eigenvalue weighted by Gasteiger charge is -2.05. The Morgan fingerprint density at radius 3 is 2.50 bits per heavy atom. The van der Waals surface area contributed by atoms with E-state index in [1.54, 1.807) is 18.3 Å². The maximum absolute atomic E-state index is 11.3. The zero-order valence-electron chi connectivity index (χ0n) is 9.12. The Bertz CT molecular complexity index is 690. The van der Waals surface area contributed by atoms with Crippen molar-refractivity contribution >= 4 is 16.0 Å². The van der Waals surface area contributed by atoms with E-state index in [1.807, 2.05) is 0 Å². The summed E-state index contributed by atoms with van der Waals surface area (Å²) in [4.78, 5) is 13.6. The van der Waals surface area contributed by atoms with E-state index in [0.29, 0.717) is 11.3 Å². The van der Waals surface area contributed by atoms with Crippen LogP contribution in [-0.2, 0) is 10.0 Å². The molecule has 0 saturated carbocycles. The summed E-state index contributed by atoms with van der Waals surface area (Å²) in [6.07, 6.45) is 1.65. The molecule has 1 heterocycles. The number of H-pyrrole nitrogens is 1. The van der Waals surface area contributed by atoms with Crippen molar-refractivity contribution in [2.24, 2.45) is 5.14 Å². The first-order valence-corrected chi connectivity index (χ1v) is 6.47. The predicted molar refractivity (Wildman–Crippen MR) is 64.6 cm³/mol. The number of nitrogens with two attached hydrogens (primary N) is 1. The van der Waals surface area contributed by atoms with E-state index in [4.69, 9.17) is 10.2 Å². The number of carboxylic acid groups (broad SMARTS) is 1. The van der Waals surface area contributed by atoms with Crippen molar-refractivity contribution in [3.63, 3.8) is 0 Å². The third-order valence-corrected chi connectivity index (χ3v) is 3.28. The predicted octanol–water partition coefficient (Wildman–Crippen LogP) is 1.03. The van der Waals surface area contributed by atoms with Crippen LogP contribution in [0.25, 0.3) is 11.3 Å². The molecule has 0 amide bonds. The van der Waals surface area contributed by atoms with Gasteiger partial charge in [-0.3, -0.25) is 0 Å². The Hall–Kier alpha value is -2.12. The van der Waals surface area contributed by atoms with Crippen molar-refractivity contribution in [3.05, 3.63) is 42.1 Å². The second kappa shape index (κ2) is 4.28. The highest BCUT2D eigenvalue weighted by molar-refractivity contribution is 7.89. The van der Waals surface area contributed by atoms with Crippen LogP contribution in [0.5, 0.6) is 0 Å². The summed E-state index contributed by atoms with van der Waals surface area (Å²) < 4.78 is 22.6. The maximum atomic E-state index is 11.3. The summed E-state index contributed by atoms with van der Waals surface area (Å²) in [5.74, 6) is -1.21. The van der Waals surface area contributed by atoms with Gasteiger partial charge in [-0.2, -0.15) is 0 Å². The van der Waals surface area contributed by atoms with Crippen LogP contribution in [0, 0.1) is 0 Å². The zero-order chi connectivity index (χ0) is 13.3. The first-order chi connectivity index (χ1) is 8.38. The number of primary sulfonamides is 1. The molecule has 0 bridgehead atoms. The van der Waals surface area contributed by atoms with E-state index in [0.717, 1.165) is 6.07 Å². The number of carbonyl (C=O) groups is 1. The quantitative estimate of drug-likeness (QED) is 0.769. The van der Waals surface area contributed by atoms with Crippen LogP contribution in [0.15, 0.2) is 41.4 Å². The second-order valence-corrected chi connectivity index (χ2v) is 5.24. The number of hydrogen-bond acceptors (Lipinski definition) is 3. The molecule has 0 unspecified atom stereocenters. The van der Waals surface area contributed by atoms with Crippen LogP contribution in [0.3, 0.4) is 0 Å². The molecule has 18 heavy (non-hydrogen) atoms. The number of aromatic nitrogens is 1. The molecule has 1 aromatic heterocycles. The van der Waals surface area contributed by atoms with Gasteiger partial charge in [0.1, 0.15) is 0 Å². The first kappa shape index (κ1) is 12.3. The number of hydrogen-bond donors (Lipinski definition) is 3. The fraction of sp³-hybridized carbons (Fsp3) is 0. The van der Waals surface area contributed by atoms with Gasteiger partial charge in [0.05, 0.1) is 10.5 Å². The Kier molecular flexibility index (Phi) is 2.93. The van der Waals surface area contributed by atoms with Gasteiger partial charge in [-0.25, -0.2) is 18.4 Å². The summed E-state index contributed by atoms with van der Waals surface area (Å²) in [6, 6.07) is 7.16. The lowest BCUT2D eigenvalue weighted by molar-refractivity contribution is 0.0696. The van der Waals surface area contributed by atoms with Crippen LogP contribution in [0.2, 0.25) is 0 Å². The Morgan fingerprint density at radius 1 is 1.28 bits per heavy atom. The lowest BCUT2D eigenvalue weighted by atomic mass is 10.1. The smallest absolute Gasteiger partial charge is 0.335 e. The number of benzene rings is 1. The summed E-state index contributed by atoms with van der Waals surface area (Å²) >= 11 is 0. The van der Waals surface area contributed by atoms with Gasteiger partial charge >= 0.3 is 5.97 Å². The number of nitrogens with one attached hydrogen (secondary N) is 1. The highest BCUT2D eigenvalue weighted by Gasteiger charge is 2.15. The van der Waals surface area contributed by atoms with Gasteiger partial charge in [-0.1, -0.05) is 0 Å². The molecule has 0 atom stereocenters. The van der Waals surface area contributed by atoms with Crippen molar-refractivity contribution in [3.8, 4) is 11.3 Å². The minimum Gasteiger partial charge on any atom is -0.478 e. The molecule has 0 aliphatic carbocycles. The molecule has 2 aromatic rings. The van der Waals surface area contributed by atoms with Crippen molar-refractivity contribution in [2.75, 3.05) is 0 Å². The number of aromatic amines is 1. The number of sulfonamides is 1. The largest absolute Gasteiger partial charge is 0.478 e. The Balaban J connectivity index is 2.68. The average molecular weight is 266 g/mol. The summed E-state index contributed by atoms with van der Waals surface area (Å²) in [5, 5.41) is 14.0. The summed E-state index contributed by atoms with van der Waals surface area (Å²) in [5.41, 5.74) is 0.929. The molecular formula is C11H10N2O4S. The van der Waals surface area contributed by atoms with Crippen molar-refractivity contribution in [1.29, 1.82) is 0 Å². The number of carboxylic acids is 1. The maximum Gasteiger partial charge on any atom is 0.335 e. The monoisotopic (exact) mass is 266 g/mol. The van der Waals surface area contributed by atoms with E-state index in [2.05, 4.69) is 4.98 Å². The van der Waals surface area contributed by atoms with E-state index in [-0.39, 0.29) is 10.5 Å². The summed E-state index contributed by atoms with van der Waals surface area (Å²) in [6.45, 7) is 0. The van der Waals surface area contributed by atoms with E-state index in [9.17, 15) is 13.2 Å². The van der Waals surface area contributed by atoms with Gasteiger partial charge in [0.15, 0.2) is 0 Å². The molecule has 7 heteroatoms. The second-order valence-electron chi connectivity index (χ2n) is 3.68.